The van der Waals surface area contributed by atoms with Crippen LogP contribution in [0.15, 0.2) is 18.2 Å². The van der Waals surface area contributed by atoms with Gasteiger partial charge >= 0.3 is 0 Å². The average Bonchev–Trinajstić information content (AvgIpc) is 2.98. The zero-order valence-electron chi connectivity index (χ0n) is 15.6. The van der Waals surface area contributed by atoms with Gasteiger partial charge in [0.2, 0.25) is 0 Å². The number of nitrogens with one attached hydrogen (secondary N) is 1. The first-order chi connectivity index (χ1) is 12.7. The summed E-state index contributed by atoms with van der Waals surface area (Å²) in [5, 5.41) is 1.41. The average molecular weight is 354 g/mol. The summed E-state index contributed by atoms with van der Waals surface area (Å²) in [6.07, 6.45) is 3.43. The lowest BCUT2D eigenvalue weighted by Gasteiger charge is -2.40. The van der Waals surface area contributed by atoms with Crippen LogP contribution in [0.2, 0.25) is 0 Å². The van der Waals surface area contributed by atoms with Gasteiger partial charge in [-0.3, -0.25) is 4.79 Å². The summed E-state index contributed by atoms with van der Waals surface area (Å²) < 4.78 is 7.93. The molecule has 5 rings (SSSR count). The molecular weight excluding hydrogens is 326 g/mol. The summed E-state index contributed by atoms with van der Waals surface area (Å²) in [6, 6.07) is 7.09. The maximum Gasteiger partial charge on any atom is 0.278 e. The normalized spacial score (nSPS) is 23.3. The Bertz CT molecular complexity index is 851. The van der Waals surface area contributed by atoms with Gasteiger partial charge in [-0.15, -0.1) is 0 Å². The van der Waals surface area contributed by atoms with Crippen molar-refractivity contribution >= 4 is 16.8 Å². The molecule has 1 aromatic heterocycles. The van der Waals surface area contributed by atoms with Crippen LogP contribution in [0.5, 0.6) is 0 Å². The van der Waals surface area contributed by atoms with Gasteiger partial charge in [-0.1, -0.05) is 11.6 Å². The number of aryl methyl sites for hydroxylation is 2. The molecule has 5 heteroatoms. The van der Waals surface area contributed by atoms with E-state index >= 15 is 0 Å². The lowest BCUT2D eigenvalue weighted by atomic mass is 9.89. The van der Waals surface area contributed by atoms with Crippen molar-refractivity contribution in [1.82, 2.24) is 9.47 Å². The molecule has 1 amide bonds. The highest BCUT2D eigenvalue weighted by Crippen LogP contribution is 2.42. The first-order valence-corrected chi connectivity index (χ1v) is 10.0. The summed E-state index contributed by atoms with van der Waals surface area (Å²) in [5.41, 5.74) is 5.60. The largest absolute Gasteiger partial charge is 0.370 e. The predicted molar refractivity (Wildman–Crippen MR) is 100 cm³/mol. The third-order valence-corrected chi connectivity index (χ3v) is 6.45. The quantitative estimate of drug-likeness (QED) is 0.877. The summed E-state index contributed by atoms with van der Waals surface area (Å²) in [6.45, 7) is 8.03. The molecule has 2 aliphatic heterocycles. The molecule has 1 aliphatic carbocycles. The Labute approximate surface area is 154 Å². The monoisotopic (exact) mass is 354 g/mol. The van der Waals surface area contributed by atoms with E-state index in [0.29, 0.717) is 12.5 Å². The van der Waals surface area contributed by atoms with Gasteiger partial charge in [0, 0.05) is 29.7 Å². The number of amides is 1. The van der Waals surface area contributed by atoms with Gasteiger partial charge < -0.3 is 19.1 Å². The second kappa shape index (κ2) is 6.39. The van der Waals surface area contributed by atoms with Gasteiger partial charge in [0.25, 0.3) is 5.91 Å². The number of rotatable bonds is 2. The smallest absolute Gasteiger partial charge is 0.278 e. The van der Waals surface area contributed by atoms with E-state index in [1.54, 1.807) is 0 Å². The Morgan fingerprint density at radius 1 is 1.27 bits per heavy atom. The van der Waals surface area contributed by atoms with E-state index in [0.717, 1.165) is 52.2 Å². The number of carbonyl (C=O) groups is 1. The minimum absolute atomic E-state index is 0.271. The van der Waals surface area contributed by atoms with Gasteiger partial charge in [0.05, 0.1) is 19.3 Å². The number of ether oxygens (including phenoxy) is 1. The van der Waals surface area contributed by atoms with Crippen molar-refractivity contribution < 1.29 is 14.4 Å². The van der Waals surface area contributed by atoms with Gasteiger partial charge in [0.1, 0.15) is 13.1 Å². The van der Waals surface area contributed by atoms with E-state index in [-0.39, 0.29) is 6.04 Å². The molecule has 0 bridgehead atoms. The molecule has 26 heavy (non-hydrogen) atoms. The number of morpholine rings is 1. The van der Waals surface area contributed by atoms with Crippen molar-refractivity contribution in [2.24, 2.45) is 0 Å². The number of nitrogens with zero attached hydrogens (tertiary/aromatic N) is 2. The Kier molecular flexibility index (Phi) is 4.02. The highest BCUT2D eigenvalue weighted by molar-refractivity contribution is 5.87. The van der Waals surface area contributed by atoms with Crippen LogP contribution in [-0.2, 0) is 22.5 Å². The highest BCUT2D eigenvalue weighted by atomic mass is 16.5. The second-order valence-electron chi connectivity index (χ2n) is 8.07. The minimum atomic E-state index is 0.271. The van der Waals surface area contributed by atoms with E-state index in [1.807, 2.05) is 0 Å². The first kappa shape index (κ1) is 16.3. The number of quaternary nitrogens is 1. The SMILES string of the molecule is Cc1ccc2c(c1)c1c3n2CCN(C(=O)C[NH+]2CCOCC2)[C@H]3CCC1. The summed E-state index contributed by atoms with van der Waals surface area (Å²) in [7, 11) is 0. The minimum Gasteiger partial charge on any atom is -0.370 e. The predicted octanol–water partition coefficient (Wildman–Crippen LogP) is 1.08. The molecule has 1 N–H and O–H groups in total. The van der Waals surface area contributed by atoms with E-state index in [4.69, 9.17) is 4.74 Å². The molecule has 0 spiro atoms. The molecule has 0 unspecified atom stereocenters. The third kappa shape index (κ3) is 2.57. The van der Waals surface area contributed by atoms with Crippen molar-refractivity contribution in [3.63, 3.8) is 0 Å². The fraction of sp³-hybridized carbons (Fsp3) is 0.571. The van der Waals surface area contributed by atoms with Crippen molar-refractivity contribution in [3.8, 4) is 0 Å². The maximum atomic E-state index is 13.1. The standard InChI is InChI=1S/C21H27N3O2/c1-15-5-6-18-17(13-15)16-3-2-4-19-21(16)24(18)8-7-23(19)20(25)14-22-9-11-26-12-10-22/h5-6,13,19H,2-4,7-12,14H2,1H3/p+1/t19-/m0/s1. The number of aromatic nitrogens is 1. The van der Waals surface area contributed by atoms with Crippen LogP contribution < -0.4 is 4.90 Å². The zero-order chi connectivity index (χ0) is 17.7. The maximum absolute atomic E-state index is 13.1. The van der Waals surface area contributed by atoms with E-state index in [9.17, 15) is 4.79 Å². The molecule has 3 heterocycles. The van der Waals surface area contributed by atoms with Gasteiger partial charge in [0.15, 0.2) is 6.54 Å². The van der Waals surface area contributed by atoms with E-state index in [2.05, 4.69) is 34.6 Å². The molecule has 2 aromatic rings. The summed E-state index contributed by atoms with van der Waals surface area (Å²) >= 11 is 0. The van der Waals surface area contributed by atoms with E-state index in [1.165, 1.54) is 39.0 Å². The van der Waals surface area contributed by atoms with Crippen LogP contribution in [0.25, 0.3) is 10.9 Å². The van der Waals surface area contributed by atoms with Crippen molar-refractivity contribution in [2.75, 3.05) is 39.4 Å². The van der Waals surface area contributed by atoms with Crippen molar-refractivity contribution in [3.05, 3.63) is 35.0 Å². The van der Waals surface area contributed by atoms with Gasteiger partial charge in [-0.25, -0.2) is 0 Å². The first-order valence-electron chi connectivity index (χ1n) is 10.0. The number of hydrogen-bond acceptors (Lipinski definition) is 2. The van der Waals surface area contributed by atoms with Crippen LogP contribution in [0.3, 0.4) is 0 Å². The fourth-order valence-electron chi connectivity index (χ4n) is 5.17. The lowest BCUT2D eigenvalue weighted by molar-refractivity contribution is -0.900. The lowest BCUT2D eigenvalue weighted by Crippen LogP contribution is -3.15. The Hall–Kier alpha value is -1.85. The van der Waals surface area contributed by atoms with Crippen LogP contribution in [0.4, 0.5) is 0 Å². The Balaban J connectivity index is 1.48. The number of benzene rings is 1. The topological polar surface area (TPSA) is 38.9 Å². The summed E-state index contributed by atoms with van der Waals surface area (Å²) in [4.78, 5) is 16.7. The van der Waals surface area contributed by atoms with Gasteiger partial charge in [-0.05, 0) is 43.9 Å². The third-order valence-electron chi connectivity index (χ3n) is 6.45. The van der Waals surface area contributed by atoms with Crippen molar-refractivity contribution in [2.45, 2.75) is 38.8 Å². The second-order valence-corrected chi connectivity index (χ2v) is 8.07. The molecule has 1 fully saturated rings. The molecule has 0 radical (unpaired) electrons. The number of hydrogen-bond donors (Lipinski definition) is 1. The molecular formula is C21H28N3O2+. The van der Waals surface area contributed by atoms with Crippen molar-refractivity contribution in [1.29, 1.82) is 0 Å². The molecule has 1 atom stereocenters. The molecule has 3 aliphatic rings. The number of fused-ring (bicyclic) bond motifs is 3. The summed E-state index contributed by atoms with van der Waals surface area (Å²) in [5.74, 6) is 0.326. The molecule has 0 saturated carbocycles. The Morgan fingerprint density at radius 3 is 2.96 bits per heavy atom. The van der Waals surface area contributed by atoms with Crippen LogP contribution in [0, 0.1) is 6.92 Å². The highest BCUT2D eigenvalue weighted by Gasteiger charge is 2.37. The zero-order valence-corrected chi connectivity index (χ0v) is 15.6. The van der Waals surface area contributed by atoms with Crippen LogP contribution in [0.1, 0.15) is 35.7 Å². The van der Waals surface area contributed by atoms with E-state index < -0.39 is 0 Å². The molecule has 138 valence electrons. The van der Waals surface area contributed by atoms with Crippen LogP contribution in [-0.4, -0.2) is 54.8 Å². The van der Waals surface area contributed by atoms with Gasteiger partial charge in [-0.2, -0.15) is 0 Å². The molecule has 5 nitrogen and oxygen atoms in total. The fourth-order valence-corrected chi connectivity index (χ4v) is 5.17. The van der Waals surface area contributed by atoms with Crippen LogP contribution >= 0.6 is 0 Å². The number of carbonyl (C=O) groups excluding carboxylic acids is 1. The molecule has 1 aromatic carbocycles. The Morgan fingerprint density at radius 2 is 2.12 bits per heavy atom. The molecule has 1 saturated heterocycles.